The summed E-state index contributed by atoms with van der Waals surface area (Å²) in [7, 11) is 1.61. The van der Waals surface area contributed by atoms with E-state index in [-0.39, 0.29) is 6.04 Å². The van der Waals surface area contributed by atoms with Crippen molar-refractivity contribution in [1.82, 2.24) is 0 Å². The zero-order chi connectivity index (χ0) is 15.4. The van der Waals surface area contributed by atoms with Crippen molar-refractivity contribution in [2.45, 2.75) is 19.1 Å². The van der Waals surface area contributed by atoms with Crippen LogP contribution in [0.15, 0.2) is 42.5 Å². The number of para-hydroxylation sites is 1. The standard InChI is InChI=1S/C16H17Cl2NO2/c1-10(19)16(11-6-3-4-8-13(11)20-2)21-14-9-5-7-12(17)15(14)18/h3-10,16H,19H2,1-2H3. The van der Waals surface area contributed by atoms with Gasteiger partial charge >= 0.3 is 0 Å². The van der Waals surface area contributed by atoms with Gasteiger partial charge in [0.25, 0.3) is 0 Å². The lowest BCUT2D eigenvalue weighted by Gasteiger charge is -2.25. The van der Waals surface area contributed by atoms with Crippen LogP contribution in [0.5, 0.6) is 11.5 Å². The second-order valence-corrected chi connectivity index (χ2v) is 5.48. The van der Waals surface area contributed by atoms with Gasteiger partial charge in [0, 0.05) is 11.6 Å². The lowest BCUT2D eigenvalue weighted by Crippen LogP contribution is -2.29. The van der Waals surface area contributed by atoms with Crippen molar-refractivity contribution < 1.29 is 9.47 Å². The Kier molecular flexibility index (Phi) is 5.34. The number of methoxy groups -OCH3 is 1. The van der Waals surface area contributed by atoms with Crippen LogP contribution >= 0.6 is 23.2 Å². The first-order valence-electron chi connectivity index (χ1n) is 6.53. The van der Waals surface area contributed by atoms with Gasteiger partial charge in [-0.15, -0.1) is 0 Å². The summed E-state index contributed by atoms with van der Waals surface area (Å²) < 4.78 is 11.4. The fourth-order valence-corrected chi connectivity index (χ4v) is 2.40. The fourth-order valence-electron chi connectivity index (χ4n) is 2.07. The van der Waals surface area contributed by atoms with E-state index in [0.29, 0.717) is 15.8 Å². The number of ether oxygens (including phenoxy) is 2. The number of rotatable bonds is 5. The van der Waals surface area contributed by atoms with Crippen LogP contribution in [0.1, 0.15) is 18.6 Å². The Morgan fingerprint density at radius 1 is 1.00 bits per heavy atom. The topological polar surface area (TPSA) is 44.5 Å². The number of nitrogens with two attached hydrogens (primary N) is 1. The van der Waals surface area contributed by atoms with Crippen molar-refractivity contribution in [3.63, 3.8) is 0 Å². The SMILES string of the molecule is COc1ccccc1C(Oc1cccc(Cl)c1Cl)C(C)N. The van der Waals surface area contributed by atoms with E-state index in [1.165, 1.54) is 0 Å². The Morgan fingerprint density at radius 2 is 1.67 bits per heavy atom. The Morgan fingerprint density at radius 3 is 2.33 bits per heavy atom. The van der Waals surface area contributed by atoms with Crippen molar-refractivity contribution in [3.05, 3.63) is 58.1 Å². The van der Waals surface area contributed by atoms with Gasteiger partial charge in [-0.1, -0.05) is 47.5 Å². The summed E-state index contributed by atoms with van der Waals surface area (Å²) in [5.41, 5.74) is 6.94. The zero-order valence-electron chi connectivity index (χ0n) is 11.8. The lowest BCUT2D eigenvalue weighted by molar-refractivity contribution is 0.176. The summed E-state index contributed by atoms with van der Waals surface area (Å²) in [6.45, 7) is 1.87. The minimum Gasteiger partial charge on any atom is -0.496 e. The summed E-state index contributed by atoms with van der Waals surface area (Å²) >= 11 is 12.2. The third-order valence-electron chi connectivity index (χ3n) is 3.09. The molecule has 2 unspecified atom stereocenters. The molecule has 0 aliphatic heterocycles. The third-order valence-corrected chi connectivity index (χ3v) is 3.89. The van der Waals surface area contributed by atoms with Crippen LogP contribution in [-0.2, 0) is 0 Å². The molecule has 0 saturated carbocycles. The van der Waals surface area contributed by atoms with E-state index in [9.17, 15) is 0 Å². The van der Waals surface area contributed by atoms with E-state index < -0.39 is 6.10 Å². The Hall–Kier alpha value is -1.42. The highest BCUT2D eigenvalue weighted by Crippen LogP contribution is 2.36. The molecule has 0 aromatic heterocycles. The van der Waals surface area contributed by atoms with Crippen LogP contribution in [0.4, 0.5) is 0 Å². The molecule has 2 N–H and O–H groups in total. The molecule has 0 aliphatic rings. The van der Waals surface area contributed by atoms with E-state index in [4.69, 9.17) is 38.4 Å². The molecule has 0 spiro atoms. The van der Waals surface area contributed by atoms with Gasteiger partial charge in [-0.3, -0.25) is 0 Å². The quantitative estimate of drug-likeness (QED) is 0.882. The molecule has 0 aliphatic carbocycles. The molecule has 0 amide bonds. The highest BCUT2D eigenvalue weighted by molar-refractivity contribution is 6.42. The molecule has 2 rings (SSSR count). The van der Waals surface area contributed by atoms with Crippen molar-refractivity contribution in [2.24, 2.45) is 5.73 Å². The second kappa shape index (κ2) is 7.03. The van der Waals surface area contributed by atoms with Crippen LogP contribution < -0.4 is 15.2 Å². The first kappa shape index (κ1) is 16.0. The van der Waals surface area contributed by atoms with E-state index in [1.54, 1.807) is 25.3 Å². The molecule has 0 saturated heterocycles. The largest absolute Gasteiger partial charge is 0.496 e. The highest BCUT2D eigenvalue weighted by atomic mass is 35.5. The summed E-state index contributed by atoms with van der Waals surface area (Å²) in [5, 5.41) is 0.817. The molecule has 0 bridgehead atoms. The maximum absolute atomic E-state index is 6.17. The molecule has 0 radical (unpaired) electrons. The van der Waals surface area contributed by atoms with Crippen molar-refractivity contribution in [1.29, 1.82) is 0 Å². The van der Waals surface area contributed by atoms with Crippen LogP contribution in [-0.4, -0.2) is 13.2 Å². The minimum absolute atomic E-state index is 0.253. The van der Waals surface area contributed by atoms with E-state index in [0.717, 1.165) is 11.3 Å². The first-order chi connectivity index (χ1) is 10.0. The van der Waals surface area contributed by atoms with Gasteiger partial charge in [0.2, 0.25) is 0 Å². The average molecular weight is 326 g/mol. The Labute approximate surface area is 134 Å². The maximum Gasteiger partial charge on any atom is 0.142 e. The minimum atomic E-state index is -0.392. The summed E-state index contributed by atoms with van der Waals surface area (Å²) in [6.07, 6.45) is -0.392. The predicted molar refractivity (Wildman–Crippen MR) is 86.5 cm³/mol. The van der Waals surface area contributed by atoms with E-state index in [2.05, 4.69) is 0 Å². The zero-order valence-corrected chi connectivity index (χ0v) is 13.4. The van der Waals surface area contributed by atoms with Gasteiger partial charge in [-0.2, -0.15) is 0 Å². The molecule has 3 nitrogen and oxygen atoms in total. The number of halogens is 2. The van der Waals surface area contributed by atoms with Crippen LogP contribution in [0.3, 0.4) is 0 Å². The summed E-state index contributed by atoms with van der Waals surface area (Å²) in [4.78, 5) is 0. The summed E-state index contributed by atoms with van der Waals surface area (Å²) in [6, 6.07) is 12.6. The molecule has 112 valence electrons. The highest BCUT2D eigenvalue weighted by Gasteiger charge is 2.23. The molecule has 2 aromatic rings. The third kappa shape index (κ3) is 3.62. The predicted octanol–water partition coefficient (Wildman–Crippen LogP) is 4.47. The molecule has 21 heavy (non-hydrogen) atoms. The van der Waals surface area contributed by atoms with E-state index in [1.807, 2.05) is 31.2 Å². The molecular weight excluding hydrogens is 309 g/mol. The number of hydrogen-bond donors (Lipinski definition) is 1. The van der Waals surface area contributed by atoms with Gasteiger partial charge in [-0.05, 0) is 25.1 Å². The molecular formula is C16H17Cl2NO2. The maximum atomic E-state index is 6.17. The molecule has 5 heteroatoms. The first-order valence-corrected chi connectivity index (χ1v) is 7.29. The fraction of sp³-hybridized carbons (Fsp3) is 0.250. The molecule has 2 atom stereocenters. The lowest BCUT2D eigenvalue weighted by atomic mass is 10.0. The van der Waals surface area contributed by atoms with Gasteiger partial charge < -0.3 is 15.2 Å². The molecule has 0 fully saturated rings. The van der Waals surface area contributed by atoms with Crippen molar-refractivity contribution >= 4 is 23.2 Å². The normalized spacial score (nSPS) is 13.6. The summed E-state index contributed by atoms with van der Waals surface area (Å²) in [5.74, 6) is 1.22. The Bertz CT molecular complexity index is 617. The monoisotopic (exact) mass is 325 g/mol. The van der Waals surface area contributed by atoms with Crippen molar-refractivity contribution in [3.8, 4) is 11.5 Å². The molecule has 2 aromatic carbocycles. The number of hydrogen-bond acceptors (Lipinski definition) is 3. The van der Waals surface area contributed by atoms with Gasteiger partial charge in [0.05, 0.1) is 12.1 Å². The average Bonchev–Trinajstić information content (AvgIpc) is 2.48. The molecule has 0 heterocycles. The van der Waals surface area contributed by atoms with Gasteiger partial charge in [-0.25, -0.2) is 0 Å². The van der Waals surface area contributed by atoms with Crippen LogP contribution in [0.25, 0.3) is 0 Å². The Balaban J connectivity index is 2.38. The van der Waals surface area contributed by atoms with Crippen LogP contribution in [0, 0.1) is 0 Å². The van der Waals surface area contributed by atoms with E-state index >= 15 is 0 Å². The number of benzene rings is 2. The van der Waals surface area contributed by atoms with Crippen LogP contribution in [0.2, 0.25) is 10.0 Å². The van der Waals surface area contributed by atoms with Gasteiger partial charge in [0.1, 0.15) is 22.6 Å². The van der Waals surface area contributed by atoms with Crippen molar-refractivity contribution in [2.75, 3.05) is 7.11 Å². The smallest absolute Gasteiger partial charge is 0.142 e. The second-order valence-electron chi connectivity index (χ2n) is 4.69. The van der Waals surface area contributed by atoms with Gasteiger partial charge in [0.15, 0.2) is 0 Å².